The van der Waals surface area contributed by atoms with E-state index in [0.717, 1.165) is 19.2 Å². The van der Waals surface area contributed by atoms with E-state index in [9.17, 15) is 23.1 Å². The lowest BCUT2D eigenvalue weighted by atomic mass is 10.0. The zero-order valence-corrected chi connectivity index (χ0v) is 8.99. The van der Waals surface area contributed by atoms with E-state index >= 15 is 0 Å². The maximum Gasteiger partial charge on any atom is 0.416 e. The van der Waals surface area contributed by atoms with Crippen LogP contribution in [0.2, 0.25) is 0 Å². The summed E-state index contributed by atoms with van der Waals surface area (Å²) >= 11 is 0. The molecular formula is C11H11F3O3. The summed E-state index contributed by atoms with van der Waals surface area (Å²) in [5, 5.41) is 9.31. The first-order chi connectivity index (χ1) is 7.84. The summed E-state index contributed by atoms with van der Waals surface area (Å²) in [6, 6.07) is 4.45. The molecule has 1 N–H and O–H groups in total. The average molecular weight is 248 g/mol. The van der Waals surface area contributed by atoms with Crippen molar-refractivity contribution < 1.29 is 27.8 Å². The quantitative estimate of drug-likeness (QED) is 0.829. The molecule has 0 amide bonds. The van der Waals surface area contributed by atoms with Gasteiger partial charge in [0.25, 0.3) is 0 Å². The number of hydrogen-bond donors (Lipinski definition) is 1. The number of aliphatic hydroxyl groups excluding tert-OH is 1. The van der Waals surface area contributed by atoms with Crippen LogP contribution >= 0.6 is 0 Å². The lowest BCUT2D eigenvalue weighted by Gasteiger charge is -2.11. The number of halogens is 3. The van der Waals surface area contributed by atoms with Gasteiger partial charge in [-0.2, -0.15) is 13.2 Å². The number of carbonyl (C=O) groups excluding carboxylic acids is 1. The molecule has 94 valence electrons. The number of alkyl halides is 3. The van der Waals surface area contributed by atoms with E-state index in [0.29, 0.717) is 0 Å². The van der Waals surface area contributed by atoms with Crippen molar-refractivity contribution in [3.05, 3.63) is 35.4 Å². The second-order valence-corrected chi connectivity index (χ2v) is 3.44. The topological polar surface area (TPSA) is 46.5 Å². The zero-order chi connectivity index (χ0) is 13.1. The summed E-state index contributed by atoms with van der Waals surface area (Å²) in [4.78, 5) is 10.9. The van der Waals surface area contributed by atoms with Crippen molar-refractivity contribution in [2.24, 2.45) is 0 Å². The smallest absolute Gasteiger partial charge is 0.416 e. The van der Waals surface area contributed by atoms with Crippen LogP contribution < -0.4 is 0 Å². The number of aliphatic hydroxyl groups is 1. The highest BCUT2D eigenvalue weighted by Crippen LogP contribution is 2.29. The highest BCUT2D eigenvalue weighted by Gasteiger charge is 2.30. The Morgan fingerprint density at radius 1 is 1.47 bits per heavy atom. The van der Waals surface area contributed by atoms with Crippen molar-refractivity contribution in [3.8, 4) is 0 Å². The molecule has 0 aliphatic heterocycles. The highest BCUT2D eigenvalue weighted by molar-refractivity contribution is 5.74. The minimum Gasteiger partial charge on any atom is -0.467 e. The van der Waals surface area contributed by atoms with Crippen LogP contribution in [-0.4, -0.2) is 24.3 Å². The molecule has 6 heteroatoms. The summed E-state index contributed by atoms with van der Waals surface area (Å²) < 4.78 is 41.4. The third kappa shape index (κ3) is 3.74. The summed E-state index contributed by atoms with van der Waals surface area (Å²) in [5.41, 5.74) is -0.593. The summed E-state index contributed by atoms with van der Waals surface area (Å²) in [7, 11) is 1.09. The Hall–Kier alpha value is -1.56. The molecule has 0 aliphatic rings. The van der Waals surface area contributed by atoms with Crippen molar-refractivity contribution in [2.75, 3.05) is 7.11 Å². The normalized spacial score (nSPS) is 13.2. The van der Waals surface area contributed by atoms with Gasteiger partial charge in [0.2, 0.25) is 0 Å². The minimum absolute atomic E-state index is 0.212. The van der Waals surface area contributed by atoms with Crippen LogP contribution in [0.25, 0.3) is 0 Å². The van der Waals surface area contributed by atoms with Gasteiger partial charge in [-0.3, -0.25) is 0 Å². The van der Waals surface area contributed by atoms with Gasteiger partial charge in [-0.05, 0) is 11.6 Å². The molecule has 0 aliphatic carbocycles. The van der Waals surface area contributed by atoms with E-state index in [1.165, 1.54) is 12.1 Å². The predicted molar refractivity (Wildman–Crippen MR) is 53.2 cm³/mol. The number of esters is 1. The standard InChI is InChI=1S/C11H11F3O3/c1-17-10(16)9(15)6-7-3-2-4-8(5-7)11(12,13)14/h2-5,9,15H,6H2,1H3. The fraction of sp³-hybridized carbons (Fsp3) is 0.364. The fourth-order valence-corrected chi connectivity index (χ4v) is 1.32. The fourth-order valence-electron chi connectivity index (χ4n) is 1.32. The lowest BCUT2D eigenvalue weighted by molar-refractivity contribution is -0.150. The van der Waals surface area contributed by atoms with Gasteiger partial charge in [-0.15, -0.1) is 0 Å². The molecule has 1 atom stereocenters. The van der Waals surface area contributed by atoms with E-state index in [2.05, 4.69) is 4.74 Å². The second-order valence-electron chi connectivity index (χ2n) is 3.44. The van der Waals surface area contributed by atoms with Gasteiger partial charge in [-0.1, -0.05) is 18.2 Å². The summed E-state index contributed by atoms with van der Waals surface area (Å²) in [6.45, 7) is 0. The lowest BCUT2D eigenvalue weighted by Crippen LogP contribution is -2.24. The van der Waals surface area contributed by atoms with Gasteiger partial charge in [-0.25, -0.2) is 4.79 Å². The van der Waals surface area contributed by atoms with Crippen molar-refractivity contribution in [2.45, 2.75) is 18.7 Å². The van der Waals surface area contributed by atoms with Crippen LogP contribution in [0.3, 0.4) is 0 Å². The van der Waals surface area contributed by atoms with Crippen LogP contribution in [0.15, 0.2) is 24.3 Å². The third-order valence-electron chi connectivity index (χ3n) is 2.16. The molecule has 1 rings (SSSR count). The molecule has 0 spiro atoms. The van der Waals surface area contributed by atoms with Crippen LogP contribution in [0, 0.1) is 0 Å². The zero-order valence-electron chi connectivity index (χ0n) is 8.99. The van der Waals surface area contributed by atoms with Crippen LogP contribution in [0.1, 0.15) is 11.1 Å². The van der Waals surface area contributed by atoms with Crippen LogP contribution in [-0.2, 0) is 22.1 Å². The average Bonchev–Trinajstić information content (AvgIpc) is 2.27. The first kappa shape index (κ1) is 13.5. The number of benzene rings is 1. The molecule has 0 saturated heterocycles. The van der Waals surface area contributed by atoms with Crippen molar-refractivity contribution in [1.29, 1.82) is 0 Å². The summed E-state index contributed by atoms with van der Waals surface area (Å²) in [6.07, 6.45) is -6.11. The highest BCUT2D eigenvalue weighted by atomic mass is 19.4. The molecule has 1 aromatic carbocycles. The Balaban J connectivity index is 2.83. The van der Waals surface area contributed by atoms with Gasteiger partial charge < -0.3 is 9.84 Å². The molecule has 17 heavy (non-hydrogen) atoms. The molecule has 0 heterocycles. The maximum atomic E-state index is 12.4. The third-order valence-corrected chi connectivity index (χ3v) is 2.16. The second kappa shape index (κ2) is 5.18. The summed E-state index contributed by atoms with van der Waals surface area (Å²) in [5.74, 6) is -0.873. The Morgan fingerprint density at radius 2 is 2.12 bits per heavy atom. The first-order valence-electron chi connectivity index (χ1n) is 4.76. The number of carbonyl (C=O) groups is 1. The molecule has 0 fully saturated rings. The Kier molecular flexibility index (Phi) is 4.11. The maximum absolute atomic E-state index is 12.4. The van der Waals surface area contributed by atoms with Gasteiger partial charge in [0, 0.05) is 6.42 Å². The van der Waals surface area contributed by atoms with Gasteiger partial charge in [0.15, 0.2) is 6.10 Å². The number of ether oxygens (including phenoxy) is 1. The molecule has 1 unspecified atom stereocenters. The monoisotopic (exact) mass is 248 g/mol. The molecule has 0 bridgehead atoms. The molecule has 1 aromatic rings. The van der Waals surface area contributed by atoms with Crippen molar-refractivity contribution in [1.82, 2.24) is 0 Å². The number of methoxy groups -OCH3 is 1. The first-order valence-corrected chi connectivity index (χ1v) is 4.76. The van der Waals surface area contributed by atoms with Crippen molar-refractivity contribution in [3.63, 3.8) is 0 Å². The van der Waals surface area contributed by atoms with Crippen LogP contribution in [0.4, 0.5) is 13.2 Å². The van der Waals surface area contributed by atoms with E-state index in [1.807, 2.05) is 0 Å². The largest absolute Gasteiger partial charge is 0.467 e. The number of hydrogen-bond acceptors (Lipinski definition) is 3. The van der Waals surface area contributed by atoms with Gasteiger partial charge in [0.05, 0.1) is 12.7 Å². The minimum atomic E-state index is -4.44. The van der Waals surface area contributed by atoms with E-state index in [1.54, 1.807) is 0 Å². The van der Waals surface area contributed by atoms with Gasteiger partial charge >= 0.3 is 12.1 Å². The SMILES string of the molecule is COC(=O)C(O)Cc1cccc(C(F)(F)F)c1. The molecule has 0 saturated carbocycles. The van der Waals surface area contributed by atoms with Crippen molar-refractivity contribution >= 4 is 5.97 Å². The molecule has 3 nitrogen and oxygen atoms in total. The molecule has 0 aromatic heterocycles. The molecule has 0 radical (unpaired) electrons. The van der Waals surface area contributed by atoms with E-state index < -0.39 is 23.8 Å². The van der Waals surface area contributed by atoms with E-state index in [-0.39, 0.29) is 12.0 Å². The molecular weight excluding hydrogens is 237 g/mol. The van der Waals surface area contributed by atoms with Gasteiger partial charge in [0.1, 0.15) is 0 Å². The predicted octanol–water partition coefficient (Wildman–Crippen LogP) is 1.78. The Morgan fingerprint density at radius 3 is 2.65 bits per heavy atom. The number of rotatable bonds is 3. The Bertz CT molecular complexity index is 401. The van der Waals surface area contributed by atoms with E-state index in [4.69, 9.17) is 0 Å². The van der Waals surface area contributed by atoms with Crippen LogP contribution in [0.5, 0.6) is 0 Å². The Labute approximate surface area is 95.8 Å².